The Bertz CT molecular complexity index is 1200. The van der Waals surface area contributed by atoms with Crippen molar-refractivity contribution in [2.45, 2.75) is 33.7 Å². The minimum atomic E-state index is -0.303. The van der Waals surface area contributed by atoms with Gasteiger partial charge in [-0.05, 0) is 55.2 Å². The van der Waals surface area contributed by atoms with E-state index >= 15 is 0 Å². The zero-order valence-corrected chi connectivity index (χ0v) is 20.0. The van der Waals surface area contributed by atoms with Crippen LogP contribution in [0.1, 0.15) is 37.0 Å². The topological polar surface area (TPSA) is 49.9 Å². The van der Waals surface area contributed by atoms with Gasteiger partial charge in [0, 0.05) is 13.1 Å². The molecule has 5 heteroatoms. The first kappa shape index (κ1) is 23.3. The van der Waals surface area contributed by atoms with Crippen LogP contribution in [-0.4, -0.2) is 29.9 Å². The highest BCUT2D eigenvalue weighted by molar-refractivity contribution is 6.45. The number of ether oxygens (including phenoxy) is 1. The Kier molecular flexibility index (Phi) is 7.12. The van der Waals surface area contributed by atoms with Gasteiger partial charge in [0.2, 0.25) is 0 Å². The molecule has 4 rings (SSSR count). The first-order valence-electron chi connectivity index (χ1n) is 11.8. The van der Waals surface area contributed by atoms with E-state index in [9.17, 15) is 9.59 Å². The van der Waals surface area contributed by atoms with Crippen molar-refractivity contribution in [1.29, 1.82) is 0 Å². The maximum Gasteiger partial charge on any atom is 0.282 e. The van der Waals surface area contributed by atoms with Crippen LogP contribution in [0.3, 0.4) is 0 Å². The van der Waals surface area contributed by atoms with Gasteiger partial charge in [0.25, 0.3) is 11.8 Å². The summed E-state index contributed by atoms with van der Waals surface area (Å²) >= 11 is 0. The Morgan fingerprint density at radius 1 is 0.824 bits per heavy atom. The minimum absolute atomic E-state index is 0.293. The fourth-order valence-electron chi connectivity index (χ4n) is 4.20. The van der Waals surface area contributed by atoms with E-state index in [0.29, 0.717) is 42.2 Å². The highest BCUT2D eigenvalue weighted by Gasteiger charge is 2.42. The summed E-state index contributed by atoms with van der Waals surface area (Å²) in [5.74, 6) is 0.151. The van der Waals surface area contributed by atoms with Crippen LogP contribution < -0.4 is 9.64 Å². The van der Waals surface area contributed by atoms with E-state index in [2.05, 4.69) is 6.92 Å². The summed E-state index contributed by atoms with van der Waals surface area (Å²) in [5.41, 5.74) is 4.13. The van der Waals surface area contributed by atoms with Gasteiger partial charge >= 0.3 is 0 Å². The second kappa shape index (κ2) is 10.4. The number of imide groups is 1. The quantitative estimate of drug-likeness (QED) is 0.396. The largest absolute Gasteiger partial charge is 0.494 e. The molecule has 0 spiro atoms. The molecule has 0 unspecified atom stereocenters. The van der Waals surface area contributed by atoms with Gasteiger partial charge in [0.15, 0.2) is 0 Å². The highest BCUT2D eigenvalue weighted by Crippen LogP contribution is 2.37. The maximum atomic E-state index is 13.8. The number of hydrogen-bond acceptors (Lipinski definition) is 4. The summed E-state index contributed by atoms with van der Waals surface area (Å²) in [6, 6.07) is 24.9. The molecule has 0 saturated carbocycles. The molecule has 0 radical (unpaired) electrons. The van der Waals surface area contributed by atoms with E-state index in [-0.39, 0.29) is 11.8 Å². The third kappa shape index (κ3) is 4.60. The fraction of sp³-hybridized carbons (Fsp3) is 0.241. The molecular weight excluding hydrogens is 424 g/mol. The Morgan fingerprint density at radius 2 is 1.50 bits per heavy atom. The predicted molar refractivity (Wildman–Crippen MR) is 135 cm³/mol. The van der Waals surface area contributed by atoms with Crippen molar-refractivity contribution in [2.75, 3.05) is 18.1 Å². The van der Waals surface area contributed by atoms with E-state index in [0.717, 1.165) is 23.3 Å². The molecule has 34 heavy (non-hydrogen) atoms. The first-order chi connectivity index (χ1) is 16.5. The van der Waals surface area contributed by atoms with Crippen molar-refractivity contribution < 1.29 is 14.3 Å². The zero-order valence-electron chi connectivity index (χ0n) is 20.0. The van der Waals surface area contributed by atoms with Crippen LogP contribution in [0.4, 0.5) is 5.69 Å². The van der Waals surface area contributed by atoms with Crippen LogP contribution >= 0.6 is 0 Å². The van der Waals surface area contributed by atoms with E-state index in [4.69, 9.17) is 4.74 Å². The molecule has 1 aliphatic rings. The number of anilines is 1. The Morgan fingerprint density at radius 3 is 2.15 bits per heavy atom. The fourth-order valence-corrected chi connectivity index (χ4v) is 4.20. The van der Waals surface area contributed by atoms with Crippen LogP contribution in [0.2, 0.25) is 0 Å². The molecule has 0 aliphatic carbocycles. The second-order valence-electron chi connectivity index (χ2n) is 8.33. The lowest BCUT2D eigenvalue weighted by Crippen LogP contribution is -2.35. The van der Waals surface area contributed by atoms with Gasteiger partial charge in [-0.2, -0.15) is 0 Å². The van der Waals surface area contributed by atoms with Gasteiger partial charge in [-0.25, -0.2) is 4.90 Å². The summed E-state index contributed by atoms with van der Waals surface area (Å²) in [4.78, 5) is 30.9. The van der Waals surface area contributed by atoms with Gasteiger partial charge < -0.3 is 9.64 Å². The smallest absolute Gasteiger partial charge is 0.282 e. The number of hydrogen-bond donors (Lipinski definition) is 0. The SMILES string of the molecule is CCCOc1ccc(C2=C(N(CC)Cc3ccccc3)C(=O)N(c3ccccc3C)C2=O)cc1. The third-order valence-electron chi connectivity index (χ3n) is 5.95. The normalized spacial score (nSPS) is 13.6. The molecule has 0 N–H and O–H groups in total. The molecule has 174 valence electrons. The van der Waals surface area contributed by atoms with Crippen molar-refractivity contribution >= 4 is 23.1 Å². The van der Waals surface area contributed by atoms with Gasteiger partial charge in [0.1, 0.15) is 11.4 Å². The maximum absolute atomic E-state index is 13.8. The number of benzene rings is 3. The number of rotatable bonds is 9. The lowest BCUT2D eigenvalue weighted by atomic mass is 10.0. The van der Waals surface area contributed by atoms with Gasteiger partial charge in [-0.3, -0.25) is 9.59 Å². The monoisotopic (exact) mass is 454 g/mol. The van der Waals surface area contributed by atoms with E-state index in [1.807, 2.05) is 97.6 Å². The zero-order chi connectivity index (χ0) is 24.1. The Labute approximate surface area is 201 Å². The minimum Gasteiger partial charge on any atom is -0.494 e. The van der Waals surface area contributed by atoms with Crippen molar-refractivity contribution in [2.24, 2.45) is 0 Å². The van der Waals surface area contributed by atoms with Gasteiger partial charge in [0.05, 0.1) is 17.9 Å². The Hall–Kier alpha value is -3.86. The molecule has 3 aromatic carbocycles. The average molecular weight is 455 g/mol. The number of para-hydroxylation sites is 1. The number of likely N-dealkylation sites (N-methyl/N-ethyl adjacent to an activating group) is 1. The van der Waals surface area contributed by atoms with Crippen LogP contribution in [0.5, 0.6) is 5.75 Å². The standard InChI is InChI=1S/C29H30N2O3/c1-4-19-34-24-17-15-23(16-18-24)26-27(30(5-2)20-22-12-7-6-8-13-22)29(33)31(28(26)32)25-14-10-9-11-21(25)3/h6-18H,4-5,19-20H2,1-3H3. The molecule has 1 aliphatic heterocycles. The van der Waals surface area contributed by atoms with Crippen LogP contribution in [0.15, 0.2) is 84.6 Å². The van der Waals surface area contributed by atoms with Gasteiger partial charge in [-0.15, -0.1) is 0 Å². The number of aryl methyl sites for hydroxylation is 1. The average Bonchev–Trinajstić information content (AvgIpc) is 3.12. The van der Waals surface area contributed by atoms with Crippen molar-refractivity contribution in [1.82, 2.24) is 4.90 Å². The number of carbonyl (C=O) groups excluding carboxylic acids is 2. The number of amides is 2. The molecule has 0 saturated heterocycles. The molecule has 0 bridgehead atoms. The lowest BCUT2D eigenvalue weighted by molar-refractivity contribution is -0.120. The van der Waals surface area contributed by atoms with Gasteiger partial charge in [-0.1, -0.05) is 67.6 Å². The number of carbonyl (C=O) groups is 2. The number of nitrogens with zero attached hydrogens (tertiary/aromatic N) is 2. The predicted octanol–water partition coefficient (Wildman–Crippen LogP) is 5.59. The molecule has 0 fully saturated rings. The van der Waals surface area contributed by atoms with E-state index < -0.39 is 0 Å². The summed E-state index contributed by atoms with van der Waals surface area (Å²) in [7, 11) is 0. The molecule has 2 amide bonds. The summed E-state index contributed by atoms with van der Waals surface area (Å²) in [6.07, 6.45) is 0.917. The van der Waals surface area contributed by atoms with Crippen molar-refractivity contribution in [3.8, 4) is 5.75 Å². The van der Waals surface area contributed by atoms with Crippen LogP contribution in [0, 0.1) is 6.92 Å². The Balaban J connectivity index is 1.80. The van der Waals surface area contributed by atoms with E-state index in [1.54, 1.807) is 0 Å². The van der Waals surface area contributed by atoms with Crippen LogP contribution in [-0.2, 0) is 16.1 Å². The van der Waals surface area contributed by atoms with Crippen LogP contribution in [0.25, 0.3) is 5.57 Å². The summed E-state index contributed by atoms with van der Waals surface area (Å²) in [6.45, 7) is 7.73. The lowest BCUT2D eigenvalue weighted by Gasteiger charge is -2.25. The molecule has 0 atom stereocenters. The third-order valence-corrected chi connectivity index (χ3v) is 5.95. The molecule has 5 nitrogen and oxygen atoms in total. The molecular formula is C29H30N2O3. The molecule has 0 aromatic heterocycles. The first-order valence-corrected chi connectivity index (χ1v) is 11.8. The van der Waals surface area contributed by atoms with E-state index in [1.165, 1.54) is 4.90 Å². The second-order valence-corrected chi connectivity index (χ2v) is 8.33. The summed E-state index contributed by atoms with van der Waals surface area (Å²) < 4.78 is 5.71. The highest BCUT2D eigenvalue weighted by atomic mass is 16.5. The molecule has 3 aromatic rings. The molecule has 1 heterocycles. The van der Waals surface area contributed by atoms with Crippen molar-refractivity contribution in [3.63, 3.8) is 0 Å². The van der Waals surface area contributed by atoms with Crippen molar-refractivity contribution in [3.05, 3.63) is 101 Å². The summed E-state index contributed by atoms with van der Waals surface area (Å²) in [5, 5.41) is 0.